The lowest BCUT2D eigenvalue weighted by molar-refractivity contribution is -0.0212. The molecule has 0 spiro atoms. The first-order chi connectivity index (χ1) is 15.4. The highest BCUT2D eigenvalue weighted by molar-refractivity contribution is 7.89. The van der Waals surface area contributed by atoms with E-state index < -0.39 is 10.0 Å². The molecule has 1 unspecified atom stereocenters. The summed E-state index contributed by atoms with van der Waals surface area (Å²) in [4.78, 5) is 15.3. The fraction of sp³-hybridized carbons (Fsp3) is 0.458. The molecule has 2 fully saturated rings. The third-order valence-electron chi connectivity index (χ3n) is 5.97. The number of rotatable bonds is 7. The molecule has 1 N–H and O–H groups in total. The zero-order valence-electron chi connectivity index (χ0n) is 18.5. The molecule has 8 heteroatoms. The number of sulfonamides is 1. The summed E-state index contributed by atoms with van der Waals surface area (Å²) >= 11 is 0. The minimum atomic E-state index is -3.55. The molecule has 7 nitrogen and oxygen atoms in total. The van der Waals surface area contributed by atoms with Crippen molar-refractivity contribution in [3.8, 4) is 0 Å². The van der Waals surface area contributed by atoms with Gasteiger partial charge in [0.15, 0.2) is 0 Å². The molecule has 1 amide bonds. The molecule has 0 bridgehead atoms. The van der Waals surface area contributed by atoms with Gasteiger partial charge in [-0.05, 0) is 49.1 Å². The highest BCUT2D eigenvalue weighted by Crippen LogP contribution is 2.21. The normalized spacial score (nSPS) is 20.3. The monoisotopic (exact) mass is 457 g/mol. The zero-order chi connectivity index (χ0) is 22.6. The molecule has 0 radical (unpaired) electrons. The maximum absolute atomic E-state index is 12.8. The van der Waals surface area contributed by atoms with Crippen molar-refractivity contribution >= 4 is 15.9 Å². The number of nitrogens with one attached hydrogen (secondary N) is 1. The first-order valence-electron chi connectivity index (χ1n) is 11.2. The van der Waals surface area contributed by atoms with Gasteiger partial charge in [0.25, 0.3) is 5.91 Å². The number of hydrogen-bond acceptors (Lipinski definition) is 5. The van der Waals surface area contributed by atoms with E-state index in [2.05, 4.69) is 29.3 Å². The first-order valence-corrected chi connectivity index (χ1v) is 12.7. The molecule has 2 aromatic rings. The summed E-state index contributed by atoms with van der Waals surface area (Å²) in [6.07, 6.45) is 2.00. The van der Waals surface area contributed by atoms with Crippen LogP contribution in [0.2, 0.25) is 0 Å². The molecule has 32 heavy (non-hydrogen) atoms. The molecule has 1 atom stereocenters. The Labute approximate surface area is 190 Å². The molecule has 2 heterocycles. The number of hydrogen-bond donors (Lipinski definition) is 1. The van der Waals surface area contributed by atoms with E-state index in [1.54, 1.807) is 18.2 Å². The minimum absolute atomic E-state index is 0.175. The highest BCUT2D eigenvalue weighted by atomic mass is 32.2. The fourth-order valence-corrected chi connectivity index (χ4v) is 5.85. The third kappa shape index (κ3) is 5.56. The van der Waals surface area contributed by atoms with Gasteiger partial charge in [0, 0.05) is 44.8 Å². The molecule has 0 aromatic heterocycles. The molecule has 2 aliphatic heterocycles. The second kappa shape index (κ2) is 10.1. The Bertz CT molecular complexity index is 1050. The smallest absolute Gasteiger partial charge is 0.251 e. The zero-order valence-corrected chi connectivity index (χ0v) is 19.3. The van der Waals surface area contributed by atoms with Crippen LogP contribution in [0.4, 0.5) is 0 Å². The van der Waals surface area contributed by atoms with Crippen LogP contribution in [0.15, 0.2) is 53.4 Å². The summed E-state index contributed by atoms with van der Waals surface area (Å²) in [5.74, 6) is -0.282. The standard InChI is InChI=1S/C24H31N3O4S/c1-19-17-26(12-13-31-19)18-21-7-4-6-20(14-21)16-25-24(28)22-8-5-9-23(15-22)32(29,30)27-10-2-3-11-27/h4-9,14-15,19H,2-3,10-13,16-18H2,1H3,(H,25,28). The van der Waals surface area contributed by atoms with Crippen LogP contribution < -0.4 is 5.32 Å². The number of carbonyl (C=O) groups excluding carboxylic acids is 1. The van der Waals surface area contributed by atoms with Gasteiger partial charge in [-0.1, -0.05) is 30.3 Å². The van der Waals surface area contributed by atoms with Crippen LogP contribution in [-0.4, -0.2) is 62.4 Å². The lowest BCUT2D eigenvalue weighted by atomic mass is 10.1. The Morgan fingerprint density at radius 1 is 1.06 bits per heavy atom. The van der Waals surface area contributed by atoms with E-state index in [1.165, 1.54) is 15.9 Å². The van der Waals surface area contributed by atoms with Crippen molar-refractivity contribution < 1.29 is 17.9 Å². The summed E-state index contributed by atoms with van der Waals surface area (Å²) in [6.45, 7) is 6.99. The largest absolute Gasteiger partial charge is 0.376 e. The van der Waals surface area contributed by atoms with Gasteiger partial charge < -0.3 is 10.1 Å². The van der Waals surface area contributed by atoms with Crippen LogP contribution in [0.1, 0.15) is 41.3 Å². The quantitative estimate of drug-likeness (QED) is 0.692. The van der Waals surface area contributed by atoms with Gasteiger partial charge in [-0.25, -0.2) is 8.42 Å². The second-order valence-corrected chi connectivity index (χ2v) is 10.5. The Morgan fingerprint density at radius 3 is 2.59 bits per heavy atom. The summed E-state index contributed by atoms with van der Waals surface area (Å²) < 4.78 is 32.7. The van der Waals surface area contributed by atoms with E-state index in [1.807, 2.05) is 12.1 Å². The van der Waals surface area contributed by atoms with E-state index >= 15 is 0 Å². The van der Waals surface area contributed by atoms with Gasteiger partial charge >= 0.3 is 0 Å². The second-order valence-electron chi connectivity index (χ2n) is 8.56. The van der Waals surface area contributed by atoms with Gasteiger partial charge in [0.1, 0.15) is 0 Å². The minimum Gasteiger partial charge on any atom is -0.376 e. The molecule has 2 aliphatic rings. The topological polar surface area (TPSA) is 79.0 Å². The Morgan fingerprint density at radius 2 is 1.81 bits per heavy atom. The Kier molecular flexibility index (Phi) is 7.25. The predicted molar refractivity (Wildman–Crippen MR) is 123 cm³/mol. The van der Waals surface area contributed by atoms with Crippen molar-refractivity contribution in [2.24, 2.45) is 0 Å². The van der Waals surface area contributed by atoms with E-state index in [-0.39, 0.29) is 16.9 Å². The van der Waals surface area contributed by atoms with Crippen molar-refractivity contribution in [2.75, 3.05) is 32.8 Å². The fourth-order valence-electron chi connectivity index (χ4n) is 4.29. The number of carbonyl (C=O) groups is 1. The van der Waals surface area contributed by atoms with Crippen LogP contribution in [-0.2, 0) is 27.8 Å². The summed E-state index contributed by atoms with van der Waals surface area (Å²) in [7, 11) is -3.55. The van der Waals surface area contributed by atoms with Crippen LogP contribution in [0, 0.1) is 0 Å². The lowest BCUT2D eigenvalue weighted by Gasteiger charge is -2.31. The Hall–Kier alpha value is -2.26. The molecule has 0 saturated carbocycles. The van der Waals surface area contributed by atoms with E-state index in [4.69, 9.17) is 4.74 Å². The molecule has 0 aliphatic carbocycles. The van der Waals surface area contributed by atoms with Crippen LogP contribution in [0.3, 0.4) is 0 Å². The van der Waals surface area contributed by atoms with Crippen molar-refractivity contribution in [1.29, 1.82) is 0 Å². The van der Waals surface area contributed by atoms with Gasteiger partial charge in [-0.15, -0.1) is 0 Å². The van der Waals surface area contributed by atoms with Crippen molar-refractivity contribution in [3.05, 3.63) is 65.2 Å². The average Bonchev–Trinajstić information content (AvgIpc) is 3.34. The number of ether oxygens (including phenoxy) is 1. The average molecular weight is 458 g/mol. The molecular weight excluding hydrogens is 426 g/mol. The molecular formula is C24H31N3O4S. The molecule has 4 rings (SSSR count). The van der Waals surface area contributed by atoms with Gasteiger partial charge in [0.2, 0.25) is 10.0 Å². The maximum atomic E-state index is 12.8. The van der Waals surface area contributed by atoms with Gasteiger partial charge in [0.05, 0.1) is 17.6 Å². The number of amides is 1. The summed E-state index contributed by atoms with van der Waals surface area (Å²) in [6, 6.07) is 14.5. The SMILES string of the molecule is CC1CN(Cc2cccc(CNC(=O)c3cccc(S(=O)(=O)N4CCCC4)c3)c2)CCO1. The van der Waals surface area contributed by atoms with Crippen LogP contribution >= 0.6 is 0 Å². The van der Waals surface area contributed by atoms with Crippen molar-refractivity contribution in [1.82, 2.24) is 14.5 Å². The molecule has 2 aromatic carbocycles. The lowest BCUT2D eigenvalue weighted by Crippen LogP contribution is -2.40. The van der Waals surface area contributed by atoms with Gasteiger partial charge in [-0.3, -0.25) is 9.69 Å². The first kappa shape index (κ1) is 22.9. The van der Waals surface area contributed by atoms with Gasteiger partial charge in [-0.2, -0.15) is 4.31 Å². The predicted octanol–water partition coefficient (Wildman–Crippen LogP) is 2.62. The summed E-state index contributed by atoms with van der Waals surface area (Å²) in [5.41, 5.74) is 2.56. The van der Waals surface area contributed by atoms with Crippen LogP contribution in [0.25, 0.3) is 0 Å². The maximum Gasteiger partial charge on any atom is 0.251 e. The van der Waals surface area contributed by atoms with E-state index in [0.29, 0.717) is 25.2 Å². The third-order valence-corrected chi connectivity index (χ3v) is 7.87. The molecule has 2 saturated heterocycles. The number of nitrogens with zero attached hydrogens (tertiary/aromatic N) is 2. The Balaban J connectivity index is 1.38. The van der Waals surface area contributed by atoms with Crippen molar-refractivity contribution in [2.45, 2.75) is 43.9 Å². The number of morpholine rings is 1. The number of benzene rings is 2. The van der Waals surface area contributed by atoms with Crippen molar-refractivity contribution in [3.63, 3.8) is 0 Å². The van der Waals surface area contributed by atoms with Crippen LogP contribution in [0.5, 0.6) is 0 Å². The summed E-state index contributed by atoms with van der Waals surface area (Å²) in [5, 5.41) is 2.92. The van der Waals surface area contributed by atoms with E-state index in [0.717, 1.165) is 44.6 Å². The molecule has 172 valence electrons. The van der Waals surface area contributed by atoms with E-state index in [9.17, 15) is 13.2 Å². The highest BCUT2D eigenvalue weighted by Gasteiger charge is 2.27.